The molecule has 0 aromatic carbocycles. The number of nitrogens with one attached hydrogen (secondary N) is 1. The number of amides is 1. The summed E-state index contributed by atoms with van der Waals surface area (Å²) in [5.41, 5.74) is 0.683. The molecule has 220 valence electrons. The van der Waals surface area contributed by atoms with E-state index in [-0.39, 0.29) is 35.9 Å². The van der Waals surface area contributed by atoms with Crippen molar-refractivity contribution in [3.63, 3.8) is 0 Å². The monoisotopic (exact) mass is 553 g/mol. The fourth-order valence-electron chi connectivity index (χ4n) is 9.17. The van der Waals surface area contributed by atoms with Crippen molar-refractivity contribution in [3.05, 3.63) is 23.3 Å². The van der Waals surface area contributed by atoms with E-state index in [0.29, 0.717) is 31.2 Å². The number of aliphatic hydroxyl groups is 1. The number of ether oxygens (including phenoxy) is 1. The zero-order chi connectivity index (χ0) is 28.5. The van der Waals surface area contributed by atoms with Gasteiger partial charge >= 0.3 is 5.97 Å². The van der Waals surface area contributed by atoms with Crippen LogP contribution in [-0.2, 0) is 23.9 Å². The molecule has 0 spiro atoms. The topological polar surface area (TPSA) is 110 Å². The Hall–Kier alpha value is -2.28. The summed E-state index contributed by atoms with van der Waals surface area (Å²) >= 11 is 0. The second kappa shape index (κ2) is 11.5. The Morgan fingerprint density at radius 2 is 1.80 bits per heavy atom. The molecular formula is C33H47NO6. The molecule has 0 aliphatic heterocycles. The lowest BCUT2D eigenvalue weighted by Gasteiger charge is -2.58. The smallest absolute Gasteiger partial charge is 0.306 e. The first-order valence-corrected chi connectivity index (χ1v) is 15.7. The number of Topliss-reactive ketones (excluding diaryl/α,β-unsaturated/α-hetero) is 1. The molecule has 5 rings (SSSR count). The maximum absolute atomic E-state index is 13.4. The van der Waals surface area contributed by atoms with E-state index in [0.717, 1.165) is 57.8 Å². The molecule has 0 aromatic heterocycles. The van der Waals surface area contributed by atoms with E-state index in [1.165, 1.54) is 24.0 Å². The van der Waals surface area contributed by atoms with Gasteiger partial charge in [0.05, 0.1) is 6.42 Å². The minimum absolute atomic E-state index is 0.0278. The highest BCUT2D eigenvalue weighted by Crippen LogP contribution is 2.67. The molecular weight excluding hydrogens is 506 g/mol. The Bertz CT molecular complexity index is 1110. The molecule has 3 unspecified atom stereocenters. The third kappa shape index (κ3) is 5.35. The van der Waals surface area contributed by atoms with Crippen molar-refractivity contribution in [1.29, 1.82) is 0 Å². The van der Waals surface area contributed by atoms with Gasteiger partial charge < -0.3 is 15.2 Å². The maximum Gasteiger partial charge on any atom is 0.306 e. The average molecular weight is 554 g/mol. The molecule has 7 nitrogen and oxygen atoms in total. The average Bonchev–Trinajstić information content (AvgIpc) is 3.23. The SMILES string of the molecule is C[C@]12CCC(=O)C=C1CCC1C2CC[C@@]2(C)C1CC[C@]2(O)C(=O)COC(=O)CCC(=O)NCCC1=CCCCC1. The number of carbonyl (C=O) groups is 4. The van der Waals surface area contributed by atoms with E-state index in [1.54, 1.807) is 0 Å². The van der Waals surface area contributed by atoms with Crippen molar-refractivity contribution in [2.75, 3.05) is 13.2 Å². The summed E-state index contributed by atoms with van der Waals surface area (Å²) in [6.07, 6.45) is 15.9. The summed E-state index contributed by atoms with van der Waals surface area (Å²) in [4.78, 5) is 50.0. The van der Waals surface area contributed by atoms with Crippen molar-refractivity contribution in [3.8, 4) is 0 Å². The summed E-state index contributed by atoms with van der Waals surface area (Å²) in [6.45, 7) is 4.51. The third-order valence-corrected chi connectivity index (χ3v) is 11.6. The van der Waals surface area contributed by atoms with Crippen LogP contribution in [0.15, 0.2) is 23.3 Å². The lowest BCUT2D eigenvalue weighted by Crippen LogP contribution is -2.58. The van der Waals surface area contributed by atoms with Gasteiger partial charge in [-0.3, -0.25) is 19.2 Å². The molecule has 40 heavy (non-hydrogen) atoms. The standard InChI is InChI=1S/C33H47NO6/c1-31-16-12-24(35)20-23(31)8-9-25-26(31)13-17-32(2)27(25)14-18-33(32,39)28(36)21-40-30(38)11-10-29(37)34-19-15-22-6-4-3-5-7-22/h6,20,25-27,39H,3-5,7-19,21H2,1-2H3,(H,34,37)/t25?,26?,27?,31-,32-,33-/m0/s1. The number of hydrogen-bond acceptors (Lipinski definition) is 6. The molecule has 0 saturated heterocycles. The summed E-state index contributed by atoms with van der Waals surface area (Å²) in [5, 5.41) is 14.7. The van der Waals surface area contributed by atoms with E-state index in [9.17, 15) is 24.3 Å². The third-order valence-electron chi connectivity index (χ3n) is 11.6. The normalized spacial score (nSPS) is 36.9. The molecule has 1 amide bonds. The van der Waals surface area contributed by atoms with Crippen molar-refractivity contribution >= 4 is 23.4 Å². The summed E-state index contributed by atoms with van der Waals surface area (Å²) < 4.78 is 5.28. The number of hydrogen-bond donors (Lipinski definition) is 2. The lowest BCUT2D eigenvalue weighted by atomic mass is 9.46. The first-order chi connectivity index (χ1) is 19.1. The van der Waals surface area contributed by atoms with Crippen LogP contribution in [0.4, 0.5) is 0 Å². The number of allylic oxidation sites excluding steroid dienone is 2. The van der Waals surface area contributed by atoms with E-state index in [1.807, 2.05) is 6.08 Å². The van der Waals surface area contributed by atoms with Gasteiger partial charge in [0, 0.05) is 24.8 Å². The van der Waals surface area contributed by atoms with E-state index in [4.69, 9.17) is 4.74 Å². The van der Waals surface area contributed by atoms with Gasteiger partial charge in [-0.15, -0.1) is 0 Å². The quantitative estimate of drug-likeness (QED) is 0.302. The van der Waals surface area contributed by atoms with Crippen LogP contribution in [0.2, 0.25) is 0 Å². The van der Waals surface area contributed by atoms with Crippen molar-refractivity contribution in [1.82, 2.24) is 5.32 Å². The Kier molecular flexibility index (Phi) is 8.43. The van der Waals surface area contributed by atoms with Crippen LogP contribution >= 0.6 is 0 Å². The Morgan fingerprint density at radius 3 is 2.58 bits per heavy atom. The fourth-order valence-corrected chi connectivity index (χ4v) is 9.17. The van der Waals surface area contributed by atoms with Gasteiger partial charge in [-0.25, -0.2) is 0 Å². The van der Waals surface area contributed by atoms with Gasteiger partial charge in [-0.1, -0.05) is 31.1 Å². The summed E-state index contributed by atoms with van der Waals surface area (Å²) in [6, 6.07) is 0. The molecule has 7 heteroatoms. The Labute approximate surface area is 238 Å². The molecule has 3 saturated carbocycles. The predicted octanol–water partition coefficient (Wildman–Crippen LogP) is 5.15. The summed E-state index contributed by atoms with van der Waals surface area (Å²) in [5.74, 6) is 0.181. The van der Waals surface area contributed by atoms with Crippen LogP contribution in [0.1, 0.15) is 110 Å². The first-order valence-electron chi connectivity index (χ1n) is 15.7. The van der Waals surface area contributed by atoms with Crippen molar-refractivity contribution in [2.45, 2.75) is 116 Å². The zero-order valence-electron chi connectivity index (χ0n) is 24.4. The van der Waals surface area contributed by atoms with Gasteiger partial charge in [0.2, 0.25) is 11.7 Å². The van der Waals surface area contributed by atoms with Crippen LogP contribution in [0.3, 0.4) is 0 Å². The predicted molar refractivity (Wildman–Crippen MR) is 151 cm³/mol. The van der Waals surface area contributed by atoms with Gasteiger partial charge in [0.25, 0.3) is 0 Å². The molecule has 5 aliphatic carbocycles. The Balaban J connectivity index is 1.11. The molecule has 5 aliphatic rings. The van der Waals surface area contributed by atoms with Crippen molar-refractivity contribution in [2.24, 2.45) is 28.6 Å². The van der Waals surface area contributed by atoms with Gasteiger partial charge in [0.1, 0.15) is 5.60 Å². The maximum atomic E-state index is 13.4. The fraction of sp³-hybridized carbons (Fsp3) is 0.758. The molecule has 6 atom stereocenters. The van der Waals surface area contributed by atoms with E-state index in [2.05, 4.69) is 25.2 Å². The lowest BCUT2D eigenvalue weighted by molar-refractivity contribution is -0.170. The van der Waals surface area contributed by atoms with Crippen LogP contribution < -0.4 is 5.32 Å². The minimum Gasteiger partial charge on any atom is -0.458 e. The molecule has 0 aromatic rings. The molecule has 0 heterocycles. The minimum atomic E-state index is -1.51. The van der Waals surface area contributed by atoms with Gasteiger partial charge in [-0.05, 0) is 106 Å². The number of ketones is 2. The number of esters is 1. The Morgan fingerprint density at radius 1 is 1.00 bits per heavy atom. The number of rotatable bonds is 9. The van der Waals surface area contributed by atoms with Crippen molar-refractivity contribution < 1.29 is 29.0 Å². The molecule has 0 radical (unpaired) electrons. The highest BCUT2D eigenvalue weighted by Gasteiger charge is 2.66. The number of carbonyl (C=O) groups excluding carboxylic acids is 4. The molecule has 0 bridgehead atoms. The van der Waals surface area contributed by atoms with Crippen LogP contribution in [0, 0.1) is 28.6 Å². The largest absolute Gasteiger partial charge is 0.458 e. The van der Waals surface area contributed by atoms with Crippen LogP contribution in [0.5, 0.6) is 0 Å². The first kappa shape index (κ1) is 29.2. The highest BCUT2D eigenvalue weighted by atomic mass is 16.5. The molecule has 3 fully saturated rings. The van der Waals surface area contributed by atoms with Crippen LogP contribution in [-0.4, -0.2) is 47.3 Å². The van der Waals surface area contributed by atoms with Gasteiger partial charge in [-0.2, -0.15) is 0 Å². The van der Waals surface area contributed by atoms with Crippen LogP contribution in [0.25, 0.3) is 0 Å². The van der Waals surface area contributed by atoms with Gasteiger partial charge in [0.15, 0.2) is 12.4 Å². The second-order valence-corrected chi connectivity index (χ2v) is 13.6. The van der Waals surface area contributed by atoms with E-state index < -0.39 is 29.4 Å². The number of fused-ring (bicyclic) bond motifs is 5. The molecule has 2 N–H and O–H groups in total. The zero-order valence-corrected chi connectivity index (χ0v) is 24.4. The second-order valence-electron chi connectivity index (χ2n) is 13.6. The summed E-state index contributed by atoms with van der Waals surface area (Å²) in [7, 11) is 0. The van der Waals surface area contributed by atoms with E-state index >= 15 is 0 Å². The highest BCUT2D eigenvalue weighted by molar-refractivity contribution is 5.92.